The molecule has 1 atom stereocenters. The van der Waals surface area contributed by atoms with E-state index in [0.717, 1.165) is 12.1 Å². The fraction of sp³-hybridized carbons (Fsp3) is 0.333. The summed E-state index contributed by atoms with van der Waals surface area (Å²) >= 11 is 0. The van der Waals surface area contributed by atoms with Crippen LogP contribution in [0.15, 0.2) is 18.2 Å². The summed E-state index contributed by atoms with van der Waals surface area (Å²) in [6.07, 6.45) is -0.682. The van der Waals surface area contributed by atoms with E-state index < -0.39 is 29.5 Å². The first-order valence-electron chi connectivity index (χ1n) is 5.54. The predicted octanol–water partition coefficient (Wildman–Crippen LogP) is 1.37. The summed E-state index contributed by atoms with van der Waals surface area (Å²) in [4.78, 5) is 23.7. The number of likely N-dealkylation sites (N-methyl/N-ethyl adjacent to an activating group) is 1. The molecule has 0 fully saturated rings. The van der Waals surface area contributed by atoms with Gasteiger partial charge in [0.25, 0.3) is 0 Å². The van der Waals surface area contributed by atoms with E-state index in [1.807, 2.05) is 0 Å². The molecule has 1 rings (SSSR count). The van der Waals surface area contributed by atoms with Crippen molar-refractivity contribution in [2.45, 2.75) is 13.0 Å². The van der Waals surface area contributed by atoms with E-state index >= 15 is 0 Å². The maximum atomic E-state index is 13.2. The minimum Gasteiger partial charge on any atom is -0.478 e. The molecular weight excluding hydrogens is 255 g/mol. The number of halogens is 1. The zero-order valence-corrected chi connectivity index (χ0v) is 10.6. The van der Waals surface area contributed by atoms with Crippen LogP contribution in [0.2, 0.25) is 0 Å². The van der Waals surface area contributed by atoms with Gasteiger partial charge in [-0.25, -0.2) is 14.0 Å². The zero-order chi connectivity index (χ0) is 14.6. The normalized spacial score (nSPS) is 11.8. The highest BCUT2D eigenvalue weighted by atomic mass is 19.1. The van der Waals surface area contributed by atoms with Crippen molar-refractivity contribution < 1.29 is 24.2 Å². The second-order valence-electron chi connectivity index (χ2n) is 4.16. The highest BCUT2D eigenvalue weighted by Gasteiger charge is 2.14. The van der Waals surface area contributed by atoms with Gasteiger partial charge in [-0.3, -0.25) is 0 Å². The van der Waals surface area contributed by atoms with Crippen molar-refractivity contribution in [3.05, 3.63) is 29.6 Å². The van der Waals surface area contributed by atoms with Crippen LogP contribution in [-0.2, 0) is 0 Å². The summed E-state index contributed by atoms with van der Waals surface area (Å²) in [7, 11) is 1.48. The molecule has 1 aromatic carbocycles. The maximum absolute atomic E-state index is 13.2. The van der Waals surface area contributed by atoms with Crippen LogP contribution in [0.3, 0.4) is 0 Å². The summed E-state index contributed by atoms with van der Waals surface area (Å²) in [6.45, 7) is 1.66. The molecule has 104 valence electrons. The third-order valence-corrected chi connectivity index (χ3v) is 2.33. The van der Waals surface area contributed by atoms with Crippen LogP contribution in [-0.4, -0.2) is 46.8 Å². The van der Waals surface area contributed by atoms with E-state index in [-0.39, 0.29) is 12.2 Å². The third kappa shape index (κ3) is 4.22. The minimum absolute atomic E-state index is 0.124. The number of carbonyl (C=O) groups is 2. The number of urea groups is 1. The highest BCUT2D eigenvalue weighted by molar-refractivity contribution is 5.93. The Morgan fingerprint density at radius 3 is 2.63 bits per heavy atom. The van der Waals surface area contributed by atoms with Crippen molar-refractivity contribution in [3.8, 4) is 0 Å². The molecule has 0 heterocycles. The zero-order valence-electron chi connectivity index (χ0n) is 10.6. The van der Waals surface area contributed by atoms with Gasteiger partial charge in [0.2, 0.25) is 0 Å². The smallest absolute Gasteiger partial charge is 0.338 e. The second kappa shape index (κ2) is 6.14. The number of nitrogens with one attached hydrogen (secondary N) is 1. The van der Waals surface area contributed by atoms with Gasteiger partial charge in [-0.15, -0.1) is 0 Å². The average molecular weight is 270 g/mol. The second-order valence-corrected chi connectivity index (χ2v) is 4.16. The molecule has 0 aliphatic carbocycles. The van der Waals surface area contributed by atoms with E-state index in [1.165, 1.54) is 24.9 Å². The SMILES string of the molecule is CC(O)CN(C)C(=O)Nc1ccc(F)c(C(=O)O)c1. The largest absolute Gasteiger partial charge is 0.478 e. The molecule has 6 nitrogen and oxygen atoms in total. The number of amides is 2. The molecule has 3 N–H and O–H groups in total. The van der Waals surface area contributed by atoms with Crippen molar-refractivity contribution in [3.63, 3.8) is 0 Å². The molecule has 19 heavy (non-hydrogen) atoms. The van der Waals surface area contributed by atoms with Crippen LogP contribution >= 0.6 is 0 Å². The van der Waals surface area contributed by atoms with Gasteiger partial charge in [-0.05, 0) is 25.1 Å². The van der Waals surface area contributed by atoms with Gasteiger partial charge in [0, 0.05) is 19.3 Å². The van der Waals surface area contributed by atoms with Gasteiger partial charge in [0.1, 0.15) is 5.82 Å². The quantitative estimate of drug-likeness (QED) is 0.770. The van der Waals surface area contributed by atoms with Gasteiger partial charge in [0.05, 0.1) is 11.7 Å². The lowest BCUT2D eigenvalue weighted by atomic mass is 10.2. The summed E-state index contributed by atoms with van der Waals surface area (Å²) in [6, 6.07) is 2.74. The number of aliphatic hydroxyl groups is 1. The number of carboxylic acids is 1. The number of anilines is 1. The minimum atomic E-state index is -1.41. The molecular formula is C12H15FN2O4. The van der Waals surface area contributed by atoms with Gasteiger partial charge in [-0.2, -0.15) is 0 Å². The Morgan fingerprint density at radius 2 is 2.11 bits per heavy atom. The number of aliphatic hydroxyl groups excluding tert-OH is 1. The number of hydrogen-bond donors (Lipinski definition) is 3. The monoisotopic (exact) mass is 270 g/mol. The molecule has 0 radical (unpaired) electrons. The third-order valence-electron chi connectivity index (χ3n) is 2.33. The number of rotatable bonds is 4. The van der Waals surface area contributed by atoms with E-state index in [4.69, 9.17) is 10.2 Å². The fourth-order valence-electron chi connectivity index (χ4n) is 1.47. The van der Waals surface area contributed by atoms with E-state index in [0.29, 0.717) is 0 Å². The van der Waals surface area contributed by atoms with Crippen molar-refractivity contribution in [1.29, 1.82) is 0 Å². The summed E-state index contributed by atoms with van der Waals surface area (Å²) in [5.41, 5.74) is -0.350. The maximum Gasteiger partial charge on any atom is 0.338 e. The fourth-order valence-corrected chi connectivity index (χ4v) is 1.47. The summed E-state index contributed by atoms with van der Waals surface area (Å²) < 4.78 is 13.2. The van der Waals surface area contributed by atoms with Crippen LogP contribution < -0.4 is 5.32 Å². The molecule has 1 unspecified atom stereocenters. The molecule has 7 heteroatoms. The molecule has 2 amide bonds. The van der Waals surface area contributed by atoms with Crippen molar-refractivity contribution in [1.82, 2.24) is 4.90 Å². The Bertz CT molecular complexity index is 491. The number of hydrogen-bond acceptors (Lipinski definition) is 3. The Morgan fingerprint density at radius 1 is 1.47 bits per heavy atom. The van der Waals surface area contributed by atoms with Crippen molar-refractivity contribution >= 4 is 17.7 Å². The molecule has 0 saturated heterocycles. The number of carboxylic acid groups (broad SMARTS) is 1. The van der Waals surface area contributed by atoms with Crippen LogP contribution in [0.5, 0.6) is 0 Å². The Labute approximate surface area is 109 Å². The van der Waals surface area contributed by atoms with Crippen LogP contribution in [0.25, 0.3) is 0 Å². The van der Waals surface area contributed by atoms with E-state index in [2.05, 4.69) is 5.32 Å². The predicted molar refractivity (Wildman–Crippen MR) is 66.7 cm³/mol. The lowest BCUT2D eigenvalue weighted by Gasteiger charge is -2.19. The standard InChI is InChI=1S/C12H15FN2O4/c1-7(16)6-15(2)12(19)14-8-3-4-10(13)9(5-8)11(17)18/h3-5,7,16H,6H2,1-2H3,(H,14,19)(H,17,18). The Hall–Kier alpha value is -2.15. The van der Waals surface area contributed by atoms with Gasteiger partial charge in [0.15, 0.2) is 0 Å². The van der Waals surface area contributed by atoms with Gasteiger partial charge >= 0.3 is 12.0 Å². The molecule has 0 aliphatic heterocycles. The summed E-state index contributed by atoms with van der Waals surface area (Å²) in [5.74, 6) is -2.28. The van der Waals surface area contributed by atoms with E-state index in [9.17, 15) is 14.0 Å². The molecule has 0 aromatic heterocycles. The lowest BCUT2D eigenvalue weighted by molar-refractivity contribution is 0.0692. The molecule has 0 spiro atoms. The highest BCUT2D eigenvalue weighted by Crippen LogP contribution is 2.15. The average Bonchev–Trinajstić information content (AvgIpc) is 2.30. The van der Waals surface area contributed by atoms with Crippen LogP contribution in [0.4, 0.5) is 14.9 Å². The molecule has 0 saturated carbocycles. The molecule has 0 aliphatic rings. The first kappa shape index (κ1) is 14.9. The van der Waals surface area contributed by atoms with Gasteiger partial charge in [-0.1, -0.05) is 0 Å². The first-order valence-corrected chi connectivity index (χ1v) is 5.54. The van der Waals surface area contributed by atoms with Crippen LogP contribution in [0, 0.1) is 5.82 Å². The van der Waals surface area contributed by atoms with Gasteiger partial charge < -0.3 is 20.4 Å². The number of aromatic carboxylic acids is 1. The number of benzene rings is 1. The topological polar surface area (TPSA) is 89.9 Å². The lowest BCUT2D eigenvalue weighted by Crippen LogP contribution is -2.36. The first-order chi connectivity index (χ1) is 8.81. The molecule has 1 aromatic rings. The van der Waals surface area contributed by atoms with E-state index in [1.54, 1.807) is 0 Å². The Balaban J connectivity index is 2.80. The summed E-state index contributed by atoms with van der Waals surface area (Å²) in [5, 5.41) is 20.3. The van der Waals surface area contributed by atoms with Crippen molar-refractivity contribution in [2.75, 3.05) is 18.9 Å². The van der Waals surface area contributed by atoms with Crippen LogP contribution in [0.1, 0.15) is 17.3 Å². The Kier molecular flexibility index (Phi) is 4.82. The number of carbonyl (C=O) groups excluding carboxylic acids is 1. The molecule has 0 bridgehead atoms. The number of nitrogens with zero attached hydrogens (tertiary/aromatic N) is 1. The van der Waals surface area contributed by atoms with Crippen molar-refractivity contribution in [2.24, 2.45) is 0 Å².